The molecule has 0 saturated carbocycles. The van der Waals surface area contributed by atoms with E-state index < -0.39 is 12.1 Å². The summed E-state index contributed by atoms with van der Waals surface area (Å²) in [4.78, 5) is 37.8. The number of carbonyl (C=O) groups is 3. The molecule has 0 aliphatic carbocycles. The fraction of sp³-hybridized carbons (Fsp3) is 0.589. The SMILES string of the molecule is CC\C=C/C=C\C=C/C=C\C=C\C=C/CCCCCC(=O)OC(COC(=O)C/C=C\C/C=C\C/C=C\CC)COC(=O)CCCCCCC/C=C\CCCCCCCCCCC. The van der Waals surface area contributed by atoms with Gasteiger partial charge in [0.15, 0.2) is 6.10 Å². The average Bonchev–Trinajstić information content (AvgIpc) is 3.27. The van der Waals surface area contributed by atoms with Crippen molar-refractivity contribution >= 4 is 17.9 Å². The zero-order valence-electron chi connectivity index (χ0n) is 39.6. The third-order valence-electron chi connectivity index (χ3n) is 9.88. The number of hydrogen-bond acceptors (Lipinski definition) is 6. The van der Waals surface area contributed by atoms with Gasteiger partial charge in [0.1, 0.15) is 13.2 Å². The van der Waals surface area contributed by atoms with Gasteiger partial charge in [0, 0.05) is 12.8 Å². The normalized spacial score (nSPS) is 13.1. The third-order valence-corrected chi connectivity index (χ3v) is 9.88. The molecule has 0 radical (unpaired) electrons. The van der Waals surface area contributed by atoms with Crippen molar-refractivity contribution in [2.24, 2.45) is 0 Å². The number of unbranched alkanes of at least 4 members (excludes halogenated alkanes) is 17. The molecular weight excluding hydrogens is 769 g/mol. The molecular formula is C56H88O6. The van der Waals surface area contributed by atoms with Crippen molar-refractivity contribution in [1.82, 2.24) is 0 Å². The van der Waals surface area contributed by atoms with Crippen LogP contribution in [0.4, 0.5) is 0 Å². The maximum atomic E-state index is 12.7. The summed E-state index contributed by atoms with van der Waals surface area (Å²) < 4.78 is 16.6. The fourth-order valence-corrected chi connectivity index (χ4v) is 6.23. The van der Waals surface area contributed by atoms with E-state index in [4.69, 9.17) is 14.2 Å². The predicted octanol–water partition coefficient (Wildman–Crippen LogP) is 16.1. The third kappa shape index (κ3) is 46.9. The van der Waals surface area contributed by atoms with Gasteiger partial charge >= 0.3 is 17.9 Å². The Labute approximate surface area is 380 Å². The Morgan fingerprint density at radius 2 is 0.774 bits per heavy atom. The molecule has 348 valence electrons. The molecule has 0 N–H and O–H groups in total. The van der Waals surface area contributed by atoms with Crippen molar-refractivity contribution in [2.45, 2.75) is 200 Å². The van der Waals surface area contributed by atoms with Crippen LogP contribution < -0.4 is 0 Å². The molecule has 0 amide bonds. The van der Waals surface area contributed by atoms with Crippen LogP contribution in [0.3, 0.4) is 0 Å². The molecule has 1 atom stereocenters. The lowest BCUT2D eigenvalue weighted by Gasteiger charge is -2.18. The van der Waals surface area contributed by atoms with E-state index in [0.717, 1.165) is 77.0 Å². The summed E-state index contributed by atoms with van der Waals surface area (Å²) in [7, 11) is 0. The summed E-state index contributed by atoms with van der Waals surface area (Å²) in [6.45, 7) is 6.21. The van der Waals surface area contributed by atoms with E-state index in [1.165, 1.54) is 70.6 Å². The van der Waals surface area contributed by atoms with Crippen LogP contribution in [0.5, 0.6) is 0 Å². The smallest absolute Gasteiger partial charge is 0.309 e. The maximum absolute atomic E-state index is 12.7. The maximum Gasteiger partial charge on any atom is 0.309 e. The Bertz CT molecular complexity index is 1350. The first kappa shape index (κ1) is 57.8. The minimum absolute atomic E-state index is 0.118. The molecule has 0 aliphatic heterocycles. The lowest BCUT2D eigenvalue weighted by molar-refractivity contribution is -0.166. The summed E-state index contributed by atoms with van der Waals surface area (Å²) in [6.07, 6.45) is 67.9. The molecule has 6 nitrogen and oxygen atoms in total. The number of rotatable bonds is 42. The standard InChI is InChI=1S/C56H88O6/c1-4-7-10-13-16-19-21-23-25-27-29-30-32-34-37-40-43-46-49-55(58)61-52-53(51-60-54(57)48-45-42-39-36-18-15-12-9-6-3)62-56(59)50-47-44-41-38-35-33-31-28-26-24-22-20-17-14-11-8-5-2/h8-9,11-12,14,17-18,20,22,24,26,28-31,33,35-36,42,45,53H,4-7,10,13,15-16,19,21,23,25,27,32,34,37-41,43-44,46-52H2,1-3H3/b11-8-,12-9-,17-14-,22-20-,26-24-,30-29-,31-28+,35-33-,36-18-,45-42-. The molecule has 0 aromatic heterocycles. The van der Waals surface area contributed by atoms with E-state index in [0.29, 0.717) is 12.8 Å². The van der Waals surface area contributed by atoms with Crippen LogP contribution in [-0.2, 0) is 28.6 Å². The van der Waals surface area contributed by atoms with Gasteiger partial charge in [0.2, 0.25) is 0 Å². The summed E-state index contributed by atoms with van der Waals surface area (Å²) in [5, 5.41) is 0. The molecule has 0 heterocycles. The second-order valence-corrected chi connectivity index (χ2v) is 15.8. The second kappa shape index (κ2) is 49.5. The van der Waals surface area contributed by atoms with Crippen LogP contribution in [0, 0.1) is 0 Å². The van der Waals surface area contributed by atoms with E-state index in [1.54, 1.807) is 6.08 Å². The highest BCUT2D eigenvalue weighted by molar-refractivity contribution is 5.72. The van der Waals surface area contributed by atoms with E-state index >= 15 is 0 Å². The van der Waals surface area contributed by atoms with Crippen molar-refractivity contribution in [1.29, 1.82) is 0 Å². The van der Waals surface area contributed by atoms with Gasteiger partial charge in [-0.1, -0.05) is 219 Å². The van der Waals surface area contributed by atoms with E-state index in [2.05, 4.69) is 69.4 Å². The number of carbonyl (C=O) groups excluding carboxylic acids is 3. The molecule has 0 aromatic rings. The van der Waals surface area contributed by atoms with Crippen LogP contribution in [0.1, 0.15) is 194 Å². The van der Waals surface area contributed by atoms with Crippen molar-refractivity contribution < 1.29 is 28.6 Å². The predicted molar refractivity (Wildman–Crippen MR) is 265 cm³/mol. The van der Waals surface area contributed by atoms with Crippen molar-refractivity contribution in [3.63, 3.8) is 0 Å². The summed E-state index contributed by atoms with van der Waals surface area (Å²) in [6, 6.07) is 0. The molecule has 1 unspecified atom stereocenters. The Morgan fingerprint density at radius 1 is 0.371 bits per heavy atom. The molecule has 6 heteroatoms. The first-order valence-corrected chi connectivity index (χ1v) is 24.6. The van der Waals surface area contributed by atoms with E-state index in [-0.39, 0.29) is 38.0 Å². The molecule has 0 bridgehead atoms. The second-order valence-electron chi connectivity index (χ2n) is 15.8. The number of hydrogen-bond donors (Lipinski definition) is 0. The molecule has 0 fully saturated rings. The summed E-state index contributed by atoms with van der Waals surface area (Å²) >= 11 is 0. The van der Waals surface area contributed by atoms with Crippen LogP contribution >= 0.6 is 0 Å². The Kier molecular flexibility index (Phi) is 46.1. The Hall–Kier alpha value is -4.19. The van der Waals surface area contributed by atoms with Gasteiger partial charge < -0.3 is 14.2 Å². The number of allylic oxidation sites excluding steroid dienone is 19. The van der Waals surface area contributed by atoms with Gasteiger partial charge in [0.25, 0.3) is 0 Å². The highest BCUT2D eigenvalue weighted by atomic mass is 16.6. The molecule has 0 spiro atoms. The van der Waals surface area contributed by atoms with Crippen LogP contribution in [-0.4, -0.2) is 37.2 Å². The highest BCUT2D eigenvalue weighted by Crippen LogP contribution is 2.13. The fourth-order valence-electron chi connectivity index (χ4n) is 6.23. The van der Waals surface area contributed by atoms with E-state index in [1.807, 2.05) is 66.8 Å². The van der Waals surface area contributed by atoms with Gasteiger partial charge in [-0.2, -0.15) is 0 Å². The van der Waals surface area contributed by atoms with Crippen LogP contribution in [0.25, 0.3) is 0 Å². The van der Waals surface area contributed by atoms with Crippen LogP contribution in [0.15, 0.2) is 122 Å². The average molecular weight is 857 g/mol. The molecule has 0 aromatic carbocycles. The van der Waals surface area contributed by atoms with Gasteiger partial charge in [-0.25, -0.2) is 0 Å². The minimum atomic E-state index is -0.842. The lowest BCUT2D eigenvalue weighted by Crippen LogP contribution is -2.30. The number of ether oxygens (including phenoxy) is 3. The van der Waals surface area contributed by atoms with Crippen molar-refractivity contribution in [3.05, 3.63) is 122 Å². The molecule has 0 aliphatic rings. The topological polar surface area (TPSA) is 78.9 Å². The Morgan fingerprint density at radius 3 is 1.32 bits per heavy atom. The number of esters is 3. The van der Waals surface area contributed by atoms with Gasteiger partial charge in [-0.3, -0.25) is 14.4 Å². The summed E-state index contributed by atoms with van der Waals surface area (Å²) in [5.74, 6) is -1.12. The molecule has 0 rings (SSSR count). The van der Waals surface area contributed by atoms with Gasteiger partial charge in [-0.15, -0.1) is 0 Å². The molecule has 62 heavy (non-hydrogen) atoms. The lowest BCUT2D eigenvalue weighted by atomic mass is 10.1. The zero-order valence-corrected chi connectivity index (χ0v) is 39.6. The highest BCUT2D eigenvalue weighted by Gasteiger charge is 2.19. The van der Waals surface area contributed by atoms with E-state index in [9.17, 15) is 14.4 Å². The quantitative estimate of drug-likeness (QED) is 0.0200. The first-order chi connectivity index (χ1) is 30.5. The largest absolute Gasteiger partial charge is 0.462 e. The first-order valence-electron chi connectivity index (χ1n) is 24.6. The van der Waals surface area contributed by atoms with Crippen molar-refractivity contribution in [2.75, 3.05) is 13.2 Å². The van der Waals surface area contributed by atoms with Gasteiger partial charge in [-0.05, 0) is 77.0 Å². The van der Waals surface area contributed by atoms with Gasteiger partial charge in [0.05, 0.1) is 6.42 Å². The monoisotopic (exact) mass is 857 g/mol. The zero-order chi connectivity index (χ0) is 45.1. The van der Waals surface area contributed by atoms with Crippen molar-refractivity contribution in [3.8, 4) is 0 Å². The summed E-state index contributed by atoms with van der Waals surface area (Å²) in [5.41, 5.74) is 0. The minimum Gasteiger partial charge on any atom is -0.462 e. The van der Waals surface area contributed by atoms with Crippen LogP contribution in [0.2, 0.25) is 0 Å². The Balaban J connectivity index is 4.50. The molecule has 0 saturated heterocycles.